The van der Waals surface area contributed by atoms with Crippen molar-refractivity contribution >= 4 is 5.91 Å². The lowest BCUT2D eigenvalue weighted by atomic mass is 10.3. The fraction of sp³-hybridized carbons (Fsp3) is 0.556. The largest absolute Gasteiger partial charge is 0.360 e. The van der Waals surface area contributed by atoms with E-state index in [0.717, 1.165) is 18.0 Å². The number of carbonyl (C=O) groups is 1. The number of piperazine rings is 1. The van der Waals surface area contributed by atoms with Crippen LogP contribution in [0.15, 0.2) is 10.6 Å². The fourth-order valence-corrected chi connectivity index (χ4v) is 1.57. The van der Waals surface area contributed by atoms with Crippen molar-refractivity contribution < 1.29 is 9.32 Å². The molecule has 1 amide bonds. The Labute approximate surface area is 87.4 Å². The van der Waals surface area contributed by atoms with Gasteiger partial charge in [0.05, 0.1) is 18.8 Å². The summed E-state index contributed by atoms with van der Waals surface area (Å²) >= 11 is 0. The molecule has 1 fully saturated rings. The number of nitrogens with one attached hydrogen (secondary N) is 1. The van der Waals surface area contributed by atoms with Crippen LogP contribution in [-0.2, 0) is 17.9 Å². The van der Waals surface area contributed by atoms with Gasteiger partial charge < -0.3 is 15.6 Å². The Kier molecular flexibility index (Phi) is 2.98. The molecule has 82 valence electrons. The minimum absolute atomic E-state index is 0.0554. The number of amides is 1. The lowest BCUT2D eigenvalue weighted by molar-refractivity contribution is -0.124. The molecule has 1 aliphatic rings. The van der Waals surface area contributed by atoms with Gasteiger partial charge in [0.15, 0.2) is 5.76 Å². The van der Waals surface area contributed by atoms with Crippen LogP contribution in [0.5, 0.6) is 0 Å². The predicted octanol–water partition coefficient (Wildman–Crippen LogP) is -0.935. The Bertz CT molecular complexity index is 350. The summed E-state index contributed by atoms with van der Waals surface area (Å²) in [6.07, 6.45) is 0. The summed E-state index contributed by atoms with van der Waals surface area (Å²) in [5.41, 5.74) is 6.16. The Hall–Kier alpha value is -1.40. The number of hydrogen-bond acceptors (Lipinski definition) is 5. The molecule has 15 heavy (non-hydrogen) atoms. The number of carbonyl (C=O) groups excluding carboxylic acids is 1. The summed E-state index contributed by atoms with van der Waals surface area (Å²) in [5, 5.41) is 6.56. The number of nitrogens with two attached hydrogens (primary N) is 1. The quantitative estimate of drug-likeness (QED) is 0.673. The summed E-state index contributed by atoms with van der Waals surface area (Å²) < 4.78 is 5.09. The van der Waals surface area contributed by atoms with E-state index in [9.17, 15) is 4.79 Å². The second kappa shape index (κ2) is 4.41. The van der Waals surface area contributed by atoms with Crippen LogP contribution in [-0.4, -0.2) is 35.6 Å². The predicted molar refractivity (Wildman–Crippen MR) is 52.7 cm³/mol. The van der Waals surface area contributed by atoms with E-state index in [-0.39, 0.29) is 5.91 Å². The first-order valence-electron chi connectivity index (χ1n) is 4.91. The monoisotopic (exact) mass is 210 g/mol. The van der Waals surface area contributed by atoms with Crippen molar-refractivity contribution in [2.24, 2.45) is 5.73 Å². The van der Waals surface area contributed by atoms with Gasteiger partial charge in [-0.1, -0.05) is 5.16 Å². The van der Waals surface area contributed by atoms with Crippen LogP contribution in [0, 0.1) is 0 Å². The first-order valence-corrected chi connectivity index (χ1v) is 4.91. The van der Waals surface area contributed by atoms with Crippen LogP contribution in [0.4, 0.5) is 0 Å². The molecule has 2 heterocycles. The number of hydrogen-bond donors (Lipinski definition) is 2. The normalized spacial score (nSPS) is 17.8. The van der Waals surface area contributed by atoms with E-state index in [1.165, 1.54) is 0 Å². The van der Waals surface area contributed by atoms with Crippen molar-refractivity contribution in [3.8, 4) is 0 Å². The highest BCUT2D eigenvalue weighted by Gasteiger charge is 2.17. The molecule has 0 aliphatic carbocycles. The van der Waals surface area contributed by atoms with Gasteiger partial charge in [0, 0.05) is 25.7 Å². The molecular formula is C9H14N4O2. The third-order valence-corrected chi connectivity index (χ3v) is 2.31. The first kappa shape index (κ1) is 10.1. The minimum Gasteiger partial charge on any atom is -0.360 e. The molecule has 0 radical (unpaired) electrons. The lowest BCUT2D eigenvalue weighted by Crippen LogP contribution is -2.47. The second-order valence-electron chi connectivity index (χ2n) is 3.55. The van der Waals surface area contributed by atoms with E-state index in [1.54, 1.807) is 0 Å². The highest BCUT2D eigenvalue weighted by Crippen LogP contribution is 2.07. The van der Waals surface area contributed by atoms with Crippen molar-refractivity contribution in [3.05, 3.63) is 17.5 Å². The SMILES string of the molecule is NCc1cc(CN2CCNC(=O)C2)on1. The molecule has 0 saturated carbocycles. The Morgan fingerprint density at radius 1 is 1.67 bits per heavy atom. The van der Waals surface area contributed by atoms with E-state index < -0.39 is 0 Å². The van der Waals surface area contributed by atoms with Crippen LogP contribution in [0.3, 0.4) is 0 Å². The van der Waals surface area contributed by atoms with E-state index >= 15 is 0 Å². The van der Waals surface area contributed by atoms with Crippen molar-refractivity contribution in [2.75, 3.05) is 19.6 Å². The zero-order valence-corrected chi connectivity index (χ0v) is 8.40. The average Bonchev–Trinajstić information content (AvgIpc) is 2.65. The van der Waals surface area contributed by atoms with Crippen LogP contribution < -0.4 is 11.1 Å². The summed E-state index contributed by atoms with van der Waals surface area (Å²) in [7, 11) is 0. The highest BCUT2D eigenvalue weighted by molar-refractivity contribution is 5.78. The maximum atomic E-state index is 11.1. The van der Waals surface area contributed by atoms with Gasteiger partial charge in [0.1, 0.15) is 0 Å². The molecule has 0 atom stereocenters. The molecule has 1 aromatic rings. The van der Waals surface area contributed by atoms with Gasteiger partial charge in [-0.25, -0.2) is 0 Å². The number of nitrogens with zero attached hydrogens (tertiary/aromatic N) is 2. The Morgan fingerprint density at radius 2 is 2.53 bits per heavy atom. The third kappa shape index (κ3) is 2.54. The lowest BCUT2D eigenvalue weighted by Gasteiger charge is -2.24. The van der Waals surface area contributed by atoms with E-state index in [0.29, 0.717) is 26.2 Å². The molecular weight excluding hydrogens is 196 g/mol. The maximum Gasteiger partial charge on any atom is 0.234 e. The Balaban J connectivity index is 1.93. The molecule has 6 heteroatoms. The molecule has 0 spiro atoms. The minimum atomic E-state index is 0.0554. The van der Waals surface area contributed by atoms with Gasteiger partial charge in [0.25, 0.3) is 0 Å². The molecule has 1 saturated heterocycles. The molecule has 2 rings (SSSR count). The average molecular weight is 210 g/mol. The highest BCUT2D eigenvalue weighted by atomic mass is 16.5. The smallest absolute Gasteiger partial charge is 0.234 e. The zero-order valence-electron chi connectivity index (χ0n) is 8.40. The maximum absolute atomic E-state index is 11.1. The topological polar surface area (TPSA) is 84.4 Å². The molecule has 0 unspecified atom stereocenters. The van der Waals surface area contributed by atoms with Crippen LogP contribution in [0.25, 0.3) is 0 Å². The second-order valence-corrected chi connectivity index (χ2v) is 3.55. The Morgan fingerprint density at radius 3 is 3.20 bits per heavy atom. The van der Waals surface area contributed by atoms with Gasteiger partial charge >= 0.3 is 0 Å². The summed E-state index contributed by atoms with van der Waals surface area (Å²) in [4.78, 5) is 13.1. The molecule has 1 aromatic heterocycles. The van der Waals surface area contributed by atoms with Gasteiger partial charge in [-0.2, -0.15) is 0 Å². The first-order chi connectivity index (χ1) is 7.28. The van der Waals surface area contributed by atoms with Crippen LogP contribution in [0.1, 0.15) is 11.5 Å². The summed E-state index contributed by atoms with van der Waals surface area (Å²) in [6, 6.07) is 1.83. The van der Waals surface area contributed by atoms with Crippen molar-refractivity contribution in [1.29, 1.82) is 0 Å². The van der Waals surface area contributed by atoms with Crippen LogP contribution in [0.2, 0.25) is 0 Å². The van der Waals surface area contributed by atoms with Crippen molar-refractivity contribution in [3.63, 3.8) is 0 Å². The van der Waals surface area contributed by atoms with E-state index in [4.69, 9.17) is 10.3 Å². The number of aromatic nitrogens is 1. The molecule has 6 nitrogen and oxygen atoms in total. The van der Waals surface area contributed by atoms with E-state index in [1.807, 2.05) is 11.0 Å². The molecule has 0 aromatic carbocycles. The molecule has 1 aliphatic heterocycles. The fourth-order valence-electron chi connectivity index (χ4n) is 1.57. The third-order valence-electron chi connectivity index (χ3n) is 2.31. The summed E-state index contributed by atoms with van der Waals surface area (Å²) in [5.74, 6) is 0.810. The summed E-state index contributed by atoms with van der Waals surface area (Å²) in [6.45, 7) is 2.93. The molecule has 3 N–H and O–H groups in total. The standard InChI is InChI=1S/C9H14N4O2/c10-4-7-3-8(15-12-7)5-13-2-1-11-9(14)6-13/h3H,1-2,4-6,10H2,(H,11,14). The van der Waals surface area contributed by atoms with Crippen molar-refractivity contribution in [2.45, 2.75) is 13.1 Å². The van der Waals surface area contributed by atoms with Gasteiger partial charge in [-0.05, 0) is 0 Å². The van der Waals surface area contributed by atoms with E-state index in [2.05, 4.69) is 10.5 Å². The van der Waals surface area contributed by atoms with Crippen LogP contribution >= 0.6 is 0 Å². The van der Waals surface area contributed by atoms with Gasteiger partial charge in [-0.15, -0.1) is 0 Å². The molecule has 0 bridgehead atoms. The zero-order chi connectivity index (χ0) is 10.7. The number of rotatable bonds is 3. The van der Waals surface area contributed by atoms with Gasteiger partial charge in [-0.3, -0.25) is 9.69 Å². The van der Waals surface area contributed by atoms with Gasteiger partial charge in [0.2, 0.25) is 5.91 Å². The van der Waals surface area contributed by atoms with Crippen molar-refractivity contribution in [1.82, 2.24) is 15.4 Å².